The van der Waals surface area contributed by atoms with Gasteiger partial charge in [0.05, 0.1) is 41.5 Å². The van der Waals surface area contributed by atoms with Crippen LogP contribution in [0.15, 0.2) is 71.7 Å². The summed E-state index contributed by atoms with van der Waals surface area (Å²) in [7, 11) is -0.570. The summed E-state index contributed by atoms with van der Waals surface area (Å²) in [5, 5.41) is 12.2. The molecule has 1 heterocycles. The Bertz CT molecular complexity index is 1590. The quantitative estimate of drug-likeness (QED) is 0.236. The molecule has 1 aromatic heterocycles. The third kappa shape index (κ3) is 5.95. The second kappa shape index (κ2) is 10.7. The first-order valence-electron chi connectivity index (χ1n) is 11.4. The largest absolute Gasteiger partial charge is 0.494 e. The molecule has 0 aliphatic heterocycles. The number of ether oxygens (including phenoxy) is 1. The standard InChI is InChI=1S/C27H26ClN3O5S/c1-31(37(3,34)35)21-11-9-20(10-12-21)29-26(18-6-4-5-17(15-18)7-14-24(32)36-2)25-22-13-8-19(28)16-23(22)30-27(25)33/h4-6,8-13,15-16,30,33H,7,14H2,1-3H3. The number of H-pyrrole nitrogens is 1. The van der Waals surface area contributed by atoms with Crippen molar-refractivity contribution in [1.82, 2.24) is 4.98 Å². The zero-order valence-electron chi connectivity index (χ0n) is 20.5. The fourth-order valence-corrected chi connectivity index (χ4v) is 4.62. The molecule has 0 saturated heterocycles. The molecular weight excluding hydrogens is 514 g/mol. The Morgan fingerprint density at radius 2 is 1.84 bits per heavy atom. The number of aryl methyl sites for hydroxylation is 1. The molecule has 4 rings (SSSR count). The highest BCUT2D eigenvalue weighted by atomic mass is 35.5. The van der Waals surface area contributed by atoms with Crippen LogP contribution in [0.5, 0.6) is 5.88 Å². The highest BCUT2D eigenvalue weighted by molar-refractivity contribution is 7.92. The molecule has 37 heavy (non-hydrogen) atoms. The van der Waals surface area contributed by atoms with Crippen LogP contribution in [-0.4, -0.2) is 50.6 Å². The highest BCUT2D eigenvalue weighted by Gasteiger charge is 2.20. The molecule has 4 aromatic rings. The molecular formula is C27H26ClN3O5S. The van der Waals surface area contributed by atoms with Crippen LogP contribution in [0.1, 0.15) is 23.1 Å². The molecule has 0 aliphatic rings. The molecule has 10 heteroatoms. The van der Waals surface area contributed by atoms with Crippen molar-refractivity contribution in [2.24, 2.45) is 4.99 Å². The first kappa shape index (κ1) is 26.2. The van der Waals surface area contributed by atoms with E-state index in [0.717, 1.165) is 22.8 Å². The van der Waals surface area contributed by atoms with Crippen LogP contribution >= 0.6 is 11.6 Å². The lowest BCUT2D eigenvalue weighted by molar-refractivity contribution is -0.140. The maximum atomic E-state index is 11.9. The molecule has 0 fully saturated rings. The number of carbonyl (C=O) groups is 1. The van der Waals surface area contributed by atoms with E-state index >= 15 is 0 Å². The Morgan fingerprint density at radius 3 is 2.51 bits per heavy atom. The van der Waals surface area contributed by atoms with E-state index in [0.29, 0.717) is 39.6 Å². The summed E-state index contributed by atoms with van der Waals surface area (Å²) in [6.07, 6.45) is 1.85. The average Bonchev–Trinajstić information content (AvgIpc) is 3.19. The number of aliphatic imine (C=N–C) groups is 1. The third-order valence-electron chi connectivity index (χ3n) is 5.98. The van der Waals surface area contributed by atoms with Crippen molar-refractivity contribution >= 4 is 55.6 Å². The highest BCUT2D eigenvalue weighted by Crippen LogP contribution is 2.33. The molecule has 3 aromatic carbocycles. The number of hydrogen-bond donors (Lipinski definition) is 2. The molecule has 0 saturated carbocycles. The number of aromatic hydroxyl groups is 1. The average molecular weight is 540 g/mol. The fourth-order valence-electron chi connectivity index (χ4n) is 3.94. The number of methoxy groups -OCH3 is 1. The minimum absolute atomic E-state index is 0.0654. The van der Waals surface area contributed by atoms with Crippen molar-refractivity contribution in [3.8, 4) is 5.88 Å². The lowest BCUT2D eigenvalue weighted by Crippen LogP contribution is -2.24. The second-order valence-electron chi connectivity index (χ2n) is 8.52. The Labute approximate surface area is 220 Å². The van der Waals surface area contributed by atoms with Crippen molar-refractivity contribution in [1.29, 1.82) is 0 Å². The summed E-state index contributed by atoms with van der Waals surface area (Å²) >= 11 is 6.16. The summed E-state index contributed by atoms with van der Waals surface area (Å²) in [4.78, 5) is 19.5. The number of benzene rings is 3. The number of aromatic nitrogens is 1. The van der Waals surface area contributed by atoms with Crippen molar-refractivity contribution < 1.29 is 23.1 Å². The molecule has 0 aliphatic carbocycles. The van der Waals surface area contributed by atoms with Gasteiger partial charge in [0.2, 0.25) is 10.0 Å². The van der Waals surface area contributed by atoms with Crippen molar-refractivity contribution in [3.05, 3.63) is 88.4 Å². The summed E-state index contributed by atoms with van der Waals surface area (Å²) in [5.41, 5.74) is 4.33. The molecule has 0 amide bonds. The smallest absolute Gasteiger partial charge is 0.305 e. The van der Waals surface area contributed by atoms with Crippen molar-refractivity contribution in [2.45, 2.75) is 12.8 Å². The zero-order chi connectivity index (χ0) is 26.7. The van der Waals surface area contributed by atoms with Gasteiger partial charge in [-0.25, -0.2) is 13.4 Å². The number of nitrogens with one attached hydrogen (secondary N) is 1. The van der Waals surface area contributed by atoms with Crippen molar-refractivity contribution in [2.75, 3.05) is 24.7 Å². The monoisotopic (exact) mass is 539 g/mol. The van der Waals surface area contributed by atoms with E-state index in [1.54, 1.807) is 36.4 Å². The maximum absolute atomic E-state index is 11.9. The fraction of sp³-hybridized carbons (Fsp3) is 0.185. The maximum Gasteiger partial charge on any atom is 0.305 e. The van der Waals surface area contributed by atoms with Gasteiger partial charge in [-0.3, -0.25) is 9.10 Å². The van der Waals surface area contributed by atoms with E-state index in [1.807, 2.05) is 30.3 Å². The van der Waals surface area contributed by atoms with Crippen LogP contribution in [0.4, 0.5) is 11.4 Å². The third-order valence-corrected chi connectivity index (χ3v) is 7.42. The summed E-state index contributed by atoms with van der Waals surface area (Å²) in [6, 6.07) is 19.6. The van der Waals surface area contributed by atoms with Gasteiger partial charge < -0.3 is 14.8 Å². The molecule has 0 bridgehead atoms. The topological polar surface area (TPSA) is 112 Å². The van der Waals surface area contributed by atoms with Gasteiger partial charge in [0.25, 0.3) is 0 Å². The lowest BCUT2D eigenvalue weighted by Gasteiger charge is -2.16. The Kier molecular flexibility index (Phi) is 7.56. The van der Waals surface area contributed by atoms with E-state index in [9.17, 15) is 18.3 Å². The first-order valence-corrected chi connectivity index (χ1v) is 13.6. The number of esters is 1. The lowest BCUT2D eigenvalue weighted by atomic mass is 9.97. The van der Waals surface area contributed by atoms with Crippen LogP contribution in [0.3, 0.4) is 0 Å². The van der Waals surface area contributed by atoms with Crippen LogP contribution in [0, 0.1) is 0 Å². The number of nitrogens with zero attached hydrogens (tertiary/aromatic N) is 2. The molecule has 2 N–H and O–H groups in total. The Hall–Kier alpha value is -3.82. The minimum Gasteiger partial charge on any atom is -0.494 e. The molecule has 192 valence electrons. The molecule has 0 spiro atoms. The van der Waals surface area contributed by atoms with Crippen LogP contribution in [-0.2, 0) is 26.0 Å². The zero-order valence-corrected chi connectivity index (χ0v) is 22.1. The van der Waals surface area contributed by atoms with Gasteiger partial charge >= 0.3 is 5.97 Å². The number of hydrogen-bond acceptors (Lipinski definition) is 6. The van der Waals surface area contributed by atoms with Gasteiger partial charge in [0, 0.05) is 29.4 Å². The summed E-state index contributed by atoms with van der Waals surface area (Å²) < 4.78 is 29.7. The molecule has 8 nitrogen and oxygen atoms in total. The van der Waals surface area contributed by atoms with E-state index < -0.39 is 10.0 Å². The van der Waals surface area contributed by atoms with Crippen LogP contribution in [0.2, 0.25) is 5.02 Å². The van der Waals surface area contributed by atoms with E-state index in [4.69, 9.17) is 21.3 Å². The van der Waals surface area contributed by atoms with Crippen LogP contribution < -0.4 is 4.31 Å². The van der Waals surface area contributed by atoms with Gasteiger partial charge in [-0.2, -0.15) is 0 Å². The molecule has 0 unspecified atom stereocenters. The molecule has 0 radical (unpaired) electrons. The first-order chi connectivity index (χ1) is 17.6. The number of halogens is 1. The number of aromatic amines is 1. The van der Waals surface area contributed by atoms with Crippen LogP contribution in [0.25, 0.3) is 10.9 Å². The minimum atomic E-state index is -3.41. The normalized spacial score (nSPS) is 12.1. The number of fused-ring (bicyclic) bond motifs is 1. The summed E-state index contributed by atoms with van der Waals surface area (Å²) in [5.74, 6) is -0.367. The van der Waals surface area contributed by atoms with Gasteiger partial charge in [-0.1, -0.05) is 35.9 Å². The number of carbonyl (C=O) groups excluding carboxylic acids is 1. The van der Waals surface area contributed by atoms with Gasteiger partial charge in [0.1, 0.15) is 0 Å². The number of anilines is 1. The molecule has 0 atom stereocenters. The van der Waals surface area contributed by atoms with Gasteiger partial charge in [0.15, 0.2) is 5.88 Å². The van der Waals surface area contributed by atoms with E-state index in [1.165, 1.54) is 18.5 Å². The predicted molar refractivity (Wildman–Crippen MR) is 147 cm³/mol. The van der Waals surface area contributed by atoms with Gasteiger partial charge in [-0.05, 0) is 54.4 Å². The number of rotatable bonds is 8. The second-order valence-corrected chi connectivity index (χ2v) is 11.0. The Balaban J connectivity index is 1.84. The predicted octanol–water partition coefficient (Wildman–Crippen LogP) is 5.20. The van der Waals surface area contributed by atoms with Crippen molar-refractivity contribution in [3.63, 3.8) is 0 Å². The van der Waals surface area contributed by atoms with E-state index in [2.05, 4.69) is 4.98 Å². The SMILES string of the molecule is COC(=O)CCc1cccc(C(=Nc2ccc(N(C)S(C)(=O)=O)cc2)c2c(O)[nH]c3cc(Cl)ccc23)c1. The Morgan fingerprint density at radius 1 is 1.11 bits per heavy atom. The van der Waals surface area contributed by atoms with Gasteiger partial charge in [-0.15, -0.1) is 0 Å². The summed E-state index contributed by atoms with van der Waals surface area (Å²) in [6.45, 7) is 0. The van der Waals surface area contributed by atoms with E-state index in [-0.39, 0.29) is 18.3 Å². The number of sulfonamides is 1.